The fourth-order valence-corrected chi connectivity index (χ4v) is 2.16. The lowest BCUT2D eigenvalue weighted by Gasteiger charge is -2.18. The summed E-state index contributed by atoms with van der Waals surface area (Å²) in [5.41, 5.74) is 3.04. The second-order valence-electron chi connectivity index (χ2n) is 5.59. The molecule has 0 amide bonds. The molecule has 144 valence electrons. The minimum absolute atomic E-state index is 0.718. The van der Waals surface area contributed by atoms with Crippen molar-refractivity contribution in [1.82, 2.24) is 0 Å². The topological polar surface area (TPSA) is 86.4 Å². The van der Waals surface area contributed by atoms with E-state index in [9.17, 15) is 0 Å². The van der Waals surface area contributed by atoms with E-state index < -0.39 is 9.05 Å². The monoisotopic (exact) mass is 372 g/mol. The first-order chi connectivity index (χ1) is 11.8. The van der Waals surface area contributed by atoms with Crippen molar-refractivity contribution in [2.24, 2.45) is 20.6 Å². The highest BCUT2D eigenvalue weighted by Crippen LogP contribution is 2.16. The van der Waals surface area contributed by atoms with Gasteiger partial charge in [0.15, 0.2) is 0 Å². The van der Waals surface area contributed by atoms with Gasteiger partial charge in [0.25, 0.3) is 0 Å². The molecule has 0 aromatic carbocycles. The molecule has 9 heteroatoms. The van der Waals surface area contributed by atoms with E-state index in [0.717, 1.165) is 48.5 Å². The predicted octanol–water partition coefficient (Wildman–Crippen LogP) is 4.63. The van der Waals surface area contributed by atoms with E-state index in [4.69, 9.17) is 18.1 Å². The van der Waals surface area contributed by atoms with E-state index in [1.165, 1.54) is 0 Å². The summed E-state index contributed by atoms with van der Waals surface area (Å²) in [6.07, 6.45) is 2.87. The van der Waals surface area contributed by atoms with Gasteiger partial charge in [0, 0.05) is 0 Å². The van der Waals surface area contributed by atoms with E-state index in [1.807, 2.05) is 55.4 Å². The summed E-state index contributed by atoms with van der Waals surface area (Å²) >= 11 is 0. The smallest absolute Gasteiger partial charge is 0.340 e. The van der Waals surface area contributed by atoms with Gasteiger partial charge in [0.2, 0.25) is 0 Å². The SMILES string of the molecule is CC/C(C)=N/O[Si](O/N=C(\C)CC)(O/N=C(\C)CC)O/N=C(\C)CC. The minimum atomic E-state index is -3.86. The molecule has 0 saturated carbocycles. The van der Waals surface area contributed by atoms with Crippen molar-refractivity contribution >= 4 is 31.9 Å². The summed E-state index contributed by atoms with van der Waals surface area (Å²) < 4.78 is 22.0. The lowest BCUT2D eigenvalue weighted by atomic mass is 10.3. The molecule has 0 fully saturated rings. The lowest BCUT2D eigenvalue weighted by Crippen LogP contribution is -2.45. The molecule has 25 heavy (non-hydrogen) atoms. The highest BCUT2D eigenvalue weighted by atomic mass is 28.4. The fraction of sp³-hybridized carbons (Fsp3) is 0.750. The van der Waals surface area contributed by atoms with Gasteiger partial charge in [-0.3, -0.25) is 0 Å². The minimum Gasteiger partial charge on any atom is -0.340 e. The molecule has 0 atom stereocenters. The Morgan fingerprint density at radius 2 is 0.720 bits per heavy atom. The van der Waals surface area contributed by atoms with Crippen LogP contribution in [0.25, 0.3) is 0 Å². The Bertz CT molecular complexity index is 425. The molecule has 0 aliphatic rings. The average molecular weight is 373 g/mol. The van der Waals surface area contributed by atoms with Crippen molar-refractivity contribution in [3.63, 3.8) is 0 Å². The van der Waals surface area contributed by atoms with Gasteiger partial charge in [-0.1, -0.05) is 27.7 Å². The second kappa shape index (κ2) is 12.5. The number of nitrogens with zero attached hydrogens (tertiary/aromatic N) is 4. The molecule has 0 rings (SSSR count). The quantitative estimate of drug-likeness (QED) is 0.284. The Hall–Kier alpha value is -1.90. The molecule has 0 aliphatic carbocycles. The van der Waals surface area contributed by atoms with Crippen molar-refractivity contribution in [3.8, 4) is 0 Å². The first-order valence-electron chi connectivity index (χ1n) is 8.68. The van der Waals surface area contributed by atoms with Crippen LogP contribution >= 0.6 is 0 Å². The van der Waals surface area contributed by atoms with Crippen LogP contribution in [-0.4, -0.2) is 31.9 Å². The Labute approximate surface area is 152 Å². The third kappa shape index (κ3) is 9.85. The Kier molecular flexibility index (Phi) is 11.5. The lowest BCUT2D eigenvalue weighted by molar-refractivity contribution is -0.0319. The standard InChI is InChI=1S/C16H32N4O4Si/c1-9-13(5)17-21-25(22-18-14(6)10-2,23-19-15(7)11-3)24-20-16(8)12-4/h9-12H2,1-8H3/b17-13+,18-14+,19-15+,20-16+. The van der Waals surface area contributed by atoms with Gasteiger partial charge in [-0.2, -0.15) is 0 Å². The molecule has 0 saturated heterocycles. The van der Waals surface area contributed by atoms with E-state index in [2.05, 4.69) is 20.6 Å². The van der Waals surface area contributed by atoms with Gasteiger partial charge in [0.1, 0.15) is 0 Å². The van der Waals surface area contributed by atoms with Gasteiger partial charge in [0.05, 0.1) is 22.8 Å². The van der Waals surface area contributed by atoms with Crippen molar-refractivity contribution in [2.75, 3.05) is 0 Å². The van der Waals surface area contributed by atoms with E-state index >= 15 is 0 Å². The fourth-order valence-electron chi connectivity index (χ4n) is 0.893. The van der Waals surface area contributed by atoms with E-state index in [0.29, 0.717) is 0 Å². The highest BCUT2D eigenvalue weighted by molar-refractivity contribution is 6.53. The van der Waals surface area contributed by atoms with Crippen LogP contribution in [-0.2, 0) is 18.1 Å². The molecular formula is C16H32N4O4Si. The molecule has 0 N–H and O–H groups in total. The van der Waals surface area contributed by atoms with Crippen LogP contribution in [0.3, 0.4) is 0 Å². The maximum absolute atomic E-state index is 5.51. The Morgan fingerprint density at radius 1 is 0.520 bits per heavy atom. The summed E-state index contributed by atoms with van der Waals surface area (Å²) in [6.45, 7) is 15.2. The first kappa shape index (κ1) is 23.1. The maximum atomic E-state index is 5.51. The predicted molar refractivity (Wildman–Crippen MR) is 104 cm³/mol. The first-order valence-corrected chi connectivity index (χ1v) is 10.3. The number of hydrogen-bond acceptors (Lipinski definition) is 8. The summed E-state index contributed by atoms with van der Waals surface area (Å²) in [7, 11) is -3.86. The Morgan fingerprint density at radius 3 is 0.880 bits per heavy atom. The molecular weight excluding hydrogens is 340 g/mol. The van der Waals surface area contributed by atoms with Gasteiger partial charge in [-0.15, -0.1) is 20.6 Å². The van der Waals surface area contributed by atoms with Gasteiger partial charge < -0.3 is 18.1 Å². The van der Waals surface area contributed by atoms with Crippen molar-refractivity contribution in [3.05, 3.63) is 0 Å². The van der Waals surface area contributed by atoms with Gasteiger partial charge in [-0.25, -0.2) is 0 Å². The molecule has 0 heterocycles. The van der Waals surface area contributed by atoms with Crippen LogP contribution in [0.4, 0.5) is 0 Å². The highest BCUT2D eigenvalue weighted by Gasteiger charge is 2.63. The van der Waals surface area contributed by atoms with Crippen molar-refractivity contribution in [1.29, 1.82) is 0 Å². The van der Waals surface area contributed by atoms with Crippen LogP contribution in [0.1, 0.15) is 81.1 Å². The normalized spacial score (nSPS) is 14.4. The molecule has 0 aliphatic heterocycles. The van der Waals surface area contributed by atoms with Gasteiger partial charge in [-0.05, 0) is 53.4 Å². The second-order valence-corrected chi connectivity index (χ2v) is 7.32. The zero-order valence-corrected chi connectivity index (χ0v) is 17.8. The van der Waals surface area contributed by atoms with Crippen LogP contribution in [0.2, 0.25) is 0 Å². The number of hydrogen-bond donors (Lipinski definition) is 0. The van der Waals surface area contributed by atoms with Gasteiger partial charge >= 0.3 is 9.05 Å². The molecule has 0 aromatic rings. The summed E-state index contributed by atoms with van der Waals surface area (Å²) in [5, 5.41) is 16.1. The molecule has 0 unspecified atom stereocenters. The molecule has 0 bridgehead atoms. The largest absolute Gasteiger partial charge is 1.05 e. The number of rotatable bonds is 12. The Balaban J connectivity index is 5.71. The van der Waals surface area contributed by atoms with Crippen molar-refractivity contribution in [2.45, 2.75) is 81.1 Å². The summed E-state index contributed by atoms with van der Waals surface area (Å²) in [5.74, 6) is 0. The van der Waals surface area contributed by atoms with Crippen LogP contribution in [0.15, 0.2) is 20.6 Å². The summed E-state index contributed by atoms with van der Waals surface area (Å²) in [4.78, 5) is 0. The molecule has 8 nitrogen and oxygen atoms in total. The molecule has 0 radical (unpaired) electrons. The third-order valence-corrected chi connectivity index (χ3v) is 4.56. The third-order valence-electron chi connectivity index (χ3n) is 3.30. The maximum Gasteiger partial charge on any atom is 1.05 e. The molecule has 0 aromatic heterocycles. The van der Waals surface area contributed by atoms with E-state index in [-0.39, 0.29) is 0 Å². The average Bonchev–Trinajstić information content (AvgIpc) is 2.65. The summed E-state index contributed by atoms with van der Waals surface area (Å²) in [6, 6.07) is 0. The van der Waals surface area contributed by atoms with Crippen molar-refractivity contribution < 1.29 is 18.1 Å². The van der Waals surface area contributed by atoms with Crippen LogP contribution in [0, 0.1) is 0 Å². The zero-order valence-electron chi connectivity index (χ0n) is 16.8. The van der Waals surface area contributed by atoms with Crippen LogP contribution in [0.5, 0.6) is 0 Å². The van der Waals surface area contributed by atoms with E-state index in [1.54, 1.807) is 0 Å². The molecule has 0 spiro atoms. The zero-order chi connectivity index (χ0) is 19.3. The van der Waals surface area contributed by atoms with Crippen LogP contribution < -0.4 is 0 Å². The number of oxime groups is 4.